The number of fused-ring (bicyclic) bond motifs is 1. The molecule has 3 nitrogen and oxygen atoms in total. The molecule has 0 aromatic heterocycles. The average Bonchev–Trinajstić information content (AvgIpc) is 2.49. The summed E-state index contributed by atoms with van der Waals surface area (Å²) in [5, 5.41) is 0.376. The predicted molar refractivity (Wildman–Crippen MR) is 82.5 cm³/mol. The van der Waals surface area contributed by atoms with Crippen LogP contribution in [-0.4, -0.2) is 30.5 Å². The Morgan fingerprint density at radius 1 is 1.29 bits per heavy atom. The highest BCUT2D eigenvalue weighted by atomic mass is 35.5. The zero-order valence-corrected chi connectivity index (χ0v) is 13.1. The van der Waals surface area contributed by atoms with Gasteiger partial charge in [0.25, 0.3) is 0 Å². The minimum absolute atomic E-state index is 0.0551. The first-order valence-corrected chi connectivity index (χ1v) is 7.75. The molecule has 0 N–H and O–H groups in total. The van der Waals surface area contributed by atoms with Crippen LogP contribution in [0.3, 0.4) is 0 Å². The van der Waals surface area contributed by atoms with Crippen LogP contribution in [0.4, 0.5) is 0 Å². The van der Waals surface area contributed by atoms with Gasteiger partial charge < -0.3 is 9.47 Å². The van der Waals surface area contributed by atoms with Gasteiger partial charge in [0.1, 0.15) is 6.10 Å². The molecule has 1 aromatic carbocycles. The van der Waals surface area contributed by atoms with Crippen LogP contribution >= 0.6 is 23.2 Å². The number of ketones is 1. The number of benzene rings is 1. The van der Waals surface area contributed by atoms with Gasteiger partial charge in [-0.25, -0.2) is 0 Å². The third-order valence-corrected chi connectivity index (χ3v) is 5.01. The maximum atomic E-state index is 12.7. The van der Waals surface area contributed by atoms with E-state index in [1.807, 2.05) is 18.2 Å². The van der Waals surface area contributed by atoms with E-state index in [-0.39, 0.29) is 29.3 Å². The van der Waals surface area contributed by atoms with Crippen LogP contribution in [0, 0.1) is 5.92 Å². The van der Waals surface area contributed by atoms with Crippen LogP contribution in [0.5, 0.6) is 0 Å². The van der Waals surface area contributed by atoms with Crippen molar-refractivity contribution in [2.75, 3.05) is 7.11 Å². The monoisotopic (exact) mass is 326 g/mol. The highest BCUT2D eigenvalue weighted by molar-refractivity contribution is 6.35. The number of hydrogen-bond donors (Lipinski definition) is 0. The number of Topliss-reactive ketones (excluding diaryl/α,β-unsaturated/α-hetero) is 1. The summed E-state index contributed by atoms with van der Waals surface area (Å²) in [5.41, 5.74) is 1.24. The van der Waals surface area contributed by atoms with Crippen molar-refractivity contribution in [3.05, 3.63) is 41.1 Å². The van der Waals surface area contributed by atoms with Crippen molar-refractivity contribution in [3.63, 3.8) is 0 Å². The highest BCUT2D eigenvalue weighted by Gasteiger charge is 2.44. The maximum absolute atomic E-state index is 12.7. The fourth-order valence-electron chi connectivity index (χ4n) is 3.05. The molecular weight excluding hydrogens is 311 g/mol. The second-order valence-corrected chi connectivity index (χ2v) is 6.39. The number of rotatable bonds is 2. The van der Waals surface area contributed by atoms with Crippen molar-refractivity contribution in [2.24, 2.45) is 5.92 Å². The van der Waals surface area contributed by atoms with E-state index in [0.717, 1.165) is 0 Å². The third-order valence-electron chi connectivity index (χ3n) is 4.23. The smallest absolute Gasteiger partial charge is 0.173 e. The van der Waals surface area contributed by atoms with Crippen molar-refractivity contribution < 1.29 is 14.3 Å². The number of carbonyl (C=O) groups excluding carboxylic acids is 1. The number of hydrogen-bond acceptors (Lipinski definition) is 3. The Morgan fingerprint density at radius 2 is 2.05 bits per heavy atom. The number of methoxy groups -OCH3 is 1. The first kappa shape index (κ1) is 14.9. The van der Waals surface area contributed by atoms with E-state index >= 15 is 0 Å². The van der Waals surface area contributed by atoms with Gasteiger partial charge in [-0.1, -0.05) is 29.8 Å². The fraction of sp³-hybridized carbons (Fsp3) is 0.438. The molecule has 1 heterocycles. The summed E-state index contributed by atoms with van der Waals surface area (Å²) < 4.78 is 11.1. The van der Waals surface area contributed by atoms with Crippen LogP contribution in [-0.2, 0) is 14.3 Å². The molecule has 0 radical (unpaired) electrons. The molecule has 1 aromatic rings. The van der Waals surface area contributed by atoms with Gasteiger partial charge in [0, 0.05) is 24.1 Å². The normalized spacial score (nSPS) is 32.1. The lowest BCUT2D eigenvalue weighted by atomic mass is 9.77. The molecule has 1 aliphatic heterocycles. The van der Waals surface area contributed by atoms with Crippen molar-refractivity contribution >= 4 is 34.6 Å². The van der Waals surface area contributed by atoms with Gasteiger partial charge >= 0.3 is 0 Å². The molecule has 2 aliphatic rings. The Bertz CT molecular complexity index is 585. The maximum Gasteiger partial charge on any atom is 0.173 e. The fourth-order valence-corrected chi connectivity index (χ4v) is 3.68. The zero-order valence-electron chi connectivity index (χ0n) is 11.6. The van der Waals surface area contributed by atoms with Crippen LogP contribution in [0.15, 0.2) is 30.5 Å². The predicted octanol–water partition coefficient (Wildman–Crippen LogP) is 3.68. The Morgan fingerprint density at radius 3 is 2.76 bits per heavy atom. The summed E-state index contributed by atoms with van der Waals surface area (Å²) in [4.78, 5) is 12.7. The van der Waals surface area contributed by atoms with Gasteiger partial charge in [0.05, 0.1) is 29.2 Å². The van der Waals surface area contributed by atoms with Gasteiger partial charge in [-0.3, -0.25) is 4.79 Å². The van der Waals surface area contributed by atoms with Gasteiger partial charge in [-0.15, -0.1) is 11.6 Å². The summed E-state index contributed by atoms with van der Waals surface area (Å²) in [6.45, 7) is 0. The summed E-state index contributed by atoms with van der Waals surface area (Å²) in [5.74, 6) is -0.172. The van der Waals surface area contributed by atoms with Gasteiger partial charge in [-0.2, -0.15) is 0 Å². The molecule has 112 valence electrons. The lowest BCUT2D eigenvalue weighted by molar-refractivity contribution is -0.127. The molecular formula is C16H16Cl2O3. The average molecular weight is 327 g/mol. The first-order valence-electron chi connectivity index (χ1n) is 6.93. The molecule has 5 heteroatoms. The van der Waals surface area contributed by atoms with E-state index in [0.29, 0.717) is 29.0 Å². The molecule has 1 fully saturated rings. The number of ether oxygens (including phenoxy) is 2. The summed E-state index contributed by atoms with van der Waals surface area (Å²) in [6.07, 6.45) is 2.49. The summed E-state index contributed by atoms with van der Waals surface area (Å²) >= 11 is 12.5. The molecule has 4 atom stereocenters. The van der Waals surface area contributed by atoms with E-state index in [9.17, 15) is 4.79 Å². The van der Waals surface area contributed by atoms with E-state index in [2.05, 4.69) is 0 Å². The largest absolute Gasteiger partial charge is 0.496 e. The van der Waals surface area contributed by atoms with Gasteiger partial charge in [0.15, 0.2) is 5.78 Å². The molecule has 0 saturated heterocycles. The molecule has 1 saturated carbocycles. The summed E-state index contributed by atoms with van der Waals surface area (Å²) in [7, 11) is 1.63. The Hall–Kier alpha value is -1.03. The molecule has 21 heavy (non-hydrogen) atoms. The van der Waals surface area contributed by atoms with Crippen molar-refractivity contribution in [3.8, 4) is 0 Å². The Balaban J connectivity index is 1.89. The second-order valence-electron chi connectivity index (χ2n) is 5.42. The Kier molecular flexibility index (Phi) is 4.25. The quantitative estimate of drug-likeness (QED) is 0.778. The third kappa shape index (κ3) is 2.70. The molecule has 0 spiro atoms. The van der Waals surface area contributed by atoms with Crippen molar-refractivity contribution in [1.29, 1.82) is 0 Å². The number of allylic oxidation sites excluding steroid dienone is 1. The van der Waals surface area contributed by atoms with Crippen molar-refractivity contribution in [2.45, 2.75) is 30.4 Å². The van der Waals surface area contributed by atoms with E-state index in [4.69, 9.17) is 32.7 Å². The topological polar surface area (TPSA) is 35.5 Å². The molecule has 0 amide bonds. The van der Waals surface area contributed by atoms with Crippen LogP contribution in [0.2, 0.25) is 5.02 Å². The van der Waals surface area contributed by atoms with Gasteiger partial charge in [-0.05, 0) is 12.5 Å². The van der Waals surface area contributed by atoms with Crippen LogP contribution in [0.25, 0.3) is 5.57 Å². The number of alkyl halides is 1. The van der Waals surface area contributed by atoms with Gasteiger partial charge in [0.2, 0.25) is 0 Å². The van der Waals surface area contributed by atoms with E-state index in [1.165, 1.54) is 6.26 Å². The number of halogens is 2. The SMILES string of the molecule is COC1CC2OC=C(c3ccccc3Cl)C(=O)C2CC1Cl. The van der Waals surface area contributed by atoms with Crippen LogP contribution < -0.4 is 0 Å². The van der Waals surface area contributed by atoms with Crippen molar-refractivity contribution in [1.82, 2.24) is 0 Å². The summed E-state index contributed by atoms with van der Waals surface area (Å²) in [6, 6.07) is 7.29. The molecule has 4 unspecified atom stereocenters. The minimum atomic E-state index is -0.227. The lowest BCUT2D eigenvalue weighted by Gasteiger charge is -2.39. The van der Waals surface area contributed by atoms with E-state index < -0.39 is 0 Å². The molecule has 0 bridgehead atoms. The first-order chi connectivity index (χ1) is 10.1. The second kappa shape index (κ2) is 5.99. The lowest BCUT2D eigenvalue weighted by Crippen LogP contribution is -2.46. The van der Waals surface area contributed by atoms with E-state index in [1.54, 1.807) is 13.2 Å². The highest BCUT2D eigenvalue weighted by Crippen LogP contribution is 2.39. The minimum Gasteiger partial charge on any atom is -0.496 e. The Labute approximate surface area is 133 Å². The molecule has 1 aliphatic carbocycles. The van der Waals surface area contributed by atoms with Crippen LogP contribution in [0.1, 0.15) is 18.4 Å². The molecule has 3 rings (SSSR count). The zero-order chi connectivity index (χ0) is 15.0. The number of carbonyl (C=O) groups is 1. The standard InChI is InChI=1S/C16H16Cl2O3/c1-20-15-7-14-10(6-13(15)18)16(19)11(8-21-14)9-4-2-3-5-12(9)17/h2-5,8,10,13-15H,6-7H2,1H3.